The molecule has 1 nitrogen and oxygen atoms in total. The highest BCUT2D eigenvalue weighted by molar-refractivity contribution is 7.98. The van der Waals surface area contributed by atoms with Crippen LogP contribution in [-0.4, -0.2) is 17.5 Å². The van der Waals surface area contributed by atoms with Gasteiger partial charge in [-0.3, -0.25) is 0 Å². The van der Waals surface area contributed by atoms with Gasteiger partial charge in [0.05, 0.1) is 12.2 Å². The molecule has 1 rings (SSSR count). The Balaban J connectivity index is 2.78. The number of rotatable bonds is 4. The van der Waals surface area contributed by atoms with Gasteiger partial charge in [-0.15, -0.1) is 0 Å². The minimum absolute atomic E-state index is 0.0150. The topological polar surface area (TPSA) is 20.2 Å². The molecule has 15 heavy (non-hydrogen) atoms. The molecule has 0 amide bonds. The van der Waals surface area contributed by atoms with Crippen molar-refractivity contribution >= 4 is 11.8 Å². The first kappa shape index (κ1) is 12.4. The van der Waals surface area contributed by atoms with Crippen LogP contribution in [0.5, 0.6) is 0 Å². The average Bonchev–Trinajstić information content (AvgIpc) is 2.17. The molecule has 1 aromatic rings. The molecule has 0 spiro atoms. The highest BCUT2D eigenvalue weighted by Gasteiger charge is 2.32. The molecule has 0 aliphatic carbocycles. The Morgan fingerprint density at radius 2 is 1.87 bits per heavy atom. The third kappa shape index (κ3) is 3.76. The maximum atomic E-state index is 12.5. The zero-order valence-corrected chi connectivity index (χ0v) is 8.74. The van der Waals surface area contributed by atoms with Crippen molar-refractivity contribution in [3.05, 3.63) is 35.4 Å². The third-order valence-corrected chi connectivity index (χ3v) is 2.80. The lowest BCUT2D eigenvalue weighted by molar-refractivity contribution is -0.138. The van der Waals surface area contributed by atoms with Gasteiger partial charge < -0.3 is 5.11 Å². The van der Waals surface area contributed by atoms with E-state index in [1.54, 1.807) is 6.07 Å². The molecule has 5 heteroatoms. The van der Waals surface area contributed by atoms with E-state index in [0.717, 1.165) is 6.07 Å². The van der Waals surface area contributed by atoms with Gasteiger partial charge in [0, 0.05) is 11.5 Å². The van der Waals surface area contributed by atoms with Crippen LogP contribution in [-0.2, 0) is 11.9 Å². The molecule has 84 valence electrons. The van der Waals surface area contributed by atoms with Gasteiger partial charge in [-0.25, -0.2) is 0 Å². The van der Waals surface area contributed by atoms with Crippen LogP contribution < -0.4 is 0 Å². The molecular formula is C10H11F3OS. The van der Waals surface area contributed by atoms with Crippen molar-refractivity contribution in [2.24, 2.45) is 0 Å². The standard InChI is InChI=1S/C10H11F3OS/c11-10(12,13)9-4-2-1-3-8(9)7-15-6-5-14/h1-4,14H,5-7H2. The number of alkyl halides is 3. The third-order valence-electron chi connectivity index (χ3n) is 1.82. The summed E-state index contributed by atoms with van der Waals surface area (Å²) in [5, 5.41) is 8.53. The molecule has 0 aliphatic rings. The summed E-state index contributed by atoms with van der Waals surface area (Å²) in [6.07, 6.45) is -4.30. The van der Waals surface area contributed by atoms with E-state index in [2.05, 4.69) is 0 Å². The van der Waals surface area contributed by atoms with Crippen LogP contribution in [0.4, 0.5) is 13.2 Å². The Bertz CT molecular complexity index is 312. The van der Waals surface area contributed by atoms with Crippen LogP contribution in [0.25, 0.3) is 0 Å². The number of hydrogen-bond acceptors (Lipinski definition) is 2. The van der Waals surface area contributed by atoms with E-state index in [4.69, 9.17) is 5.11 Å². The first-order chi connectivity index (χ1) is 7.05. The second kappa shape index (κ2) is 5.42. The number of aliphatic hydroxyl groups excluding tert-OH is 1. The lowest BCUT2D eigenvalue weighted by atomic mass is 10.1. The average molecular weight is 236 g/mol. The van der Waals surface area contributed by atoms with Crippen LogP contribution in [0, 0.1) is 0 Å². The quantitative estimate of drug-likeness (QED) is 0.811. The van der Waals surface area contributed by atoms with Crippen molar-refractivity contribution in [3.63, 3.8) is 0 Å². The van der Waals surface area contributed by atoms with Gasteiger partial charge in [-0.1, -0.05) is 18.2 Å². The number of aliphatic hydroxyl groups is 1. The molecule has 0 aliphatic heterocycles. The second-order valence-corrected chi connectivity index (χ2v) is 4.04. The molecule has 0 aromatic heterocycles. The minimum Gasteiger partial charge on any atom is -0.396 e. The van der Waals surface area contributed by atoms with E-state index in [9.17, 15) is 13.2 Å². The van der Waals surface area contributed by atoms with Crippen LogP contribution in [0.2, 0.25) is 0 Å². The Kier molecular flexibility index (Phi) is 4.47. The highest BCUT2D eigenvalue weighted by atomic mass is 32.2. The molecule has 0 saturated carbocycles. The van der Waals surface area contributed by atoms with Gasteiger partial charge in [0.2, 0.25) is 0 Å². The summed E-state index contributed by atoms with van der Waals surface area (Å²) in [6.45, 7) is -0.0150. The minimum atomic E-state index is -4.30. The summed E-state index contributed by atoms with van der Waals surface area (Å²) in [7, 11) is 0. The molecule has 1 aromatic carbocycles. The SMILES string of the molecule is OCCSCc1ccccc1C(F)(F)F. The highest BCUT2D eigenvalue weighted by Crippen LogP contribution is 2.33. The van der Waals surface area contributed by atoms with E-state index in [1.807, 2.05) is 0 Å². The fourth-order valence-corrected chi connectivity index (χ4v) is 1.91. The van der Waals surface area contributed by atoms with E-state index in [-0.39, 0.29) is 17.9 Å². The van der Waals surface area contributed by atoms with Crippen LogP contribution in [0.1, 0.15) is 11.1 Å². The maximum Gasteiger partial charge on any atom is 0.416 e. The maximum absolute atomic E-state index is 12.5. The molecule has 1 N–H and O–H groups in total. The summed E-state index contributed by atoms with van der Waals surface area (Å²) in [6, 6.07) is 5.51. The molecule has 0 heterocycles. The van der Waals surface area contributed by atoms with Gasteiger partial charge in [0.15, 0.2) is 0 Å². The van der Waals surface area contributed by atoms with E-state index in [0.29, 0.717) is 5.75 Å². The summed E-state index contributed by atoms with van der Waals surface area (Å²) in [5.74, 6) is 0.725. The monoisotopic (exact) mass is 236 g/mol. The normalized spacial score (nSPS) is 11.7. The first-order valence-corrected chi connectivity index (χ1v) is 5.55. The summed E-state index contributed by atoms with van der Waals surface area (Å²) in [4.78, 5) is 0. The van der Waals surface area contributed by atoms with E-state index < -0.39 is 11.7 Å². The predicted molar refractivity (Wildman–Crippen MR) is 54.7 cm³/mol. The van der Waals surface area contributed by atoms with Crippen molar-refractivity contribution in [1.29, 1.82) is 0 Å². The number of halogens is 3. The Hall–Kier alpha value is -0.680. The zero-order valence-electron chi connectivity index (χ0n) is 7.92. The van der Waals surface area contributed by atoms with Crippen LogP contribution >= 0.6 is 11.8 Å². The van der Waals surface area contributed by atoms with Crippen LogP contribution in [0.15, 0.2) is 24.3 Å². The van der Waals surface area contributed by atoms with Crippen LogP contribution in [0.3, 0.4) is 0 Å². The zero-order chi connectivity index (χ0) is 11.3. The first-order valence-electron chi connectivity index (χ1n) is 4.39. The largest absolute Gasteiger partial charge is 0.416 e. The van der Waals surface area contributed by atoms with Crippen molar-refractivity contribution in [2.45, 2.75) is 11.9 Å². The number of benzene rings is 1. The number of thioether (sulfide) groups is 1. The Morgan fingerprint density at radius 1 is 1.20 bits per heavy atom. The van der Waals surface area contributed by atoms with Gasteiger partial charge in [-0.2, -0.15) is 24.9 Å². The Morgan fingerprint density at radius 3 is 2.47 bits per heavy atom. The molecule has 0 radical (unpaired) electrons. The Labute approximate surface area is 90.3 Å². The molecule has 0 atom stereocenters. The second-order valence-electron chi connectivity index (χ2n) is 2.93. The fourth-order valence-electron chi connectivity index (χ4n) is 1.17. The van der Waals surface area contributed by atoms with Gasteiger partial charge in [-0.05, 0) is 11.6 Å². The fraction of sp³-hybridized carbons (Fsp3) is 0.400. The molecule has 0 bridgehead atoms. The lowest BCUT2D eigenvalue weighted by Gasteiger charge is -2.11. The van der Waals surface area contributed by atoms with Gasteiger partial charge in [0.25, 0.3) is 0 Å². The van der Waals surface area contributed by atoms with Crippen molar-refractivity contribution in [1.82, 2.24) is 0 Å². The van der Waals surface area contributed by atoms with Gasteiger partial charge >= 0.3 is 6.18 Å². The molecule has 0 fully saturated rings. The van der Waals surface area contributed by atoms with E-state index in [1.165, 1.54) is 23.9 Å². The van der Waals surface area contributed by atoms with Crippen molar-refractivity contribution in [3.8, 4) is 0 Å². The van der Waals surface area contributed by atoms with Gasteiger partial charge in [0.1, 0.15) is 0 Å². The summed E-state index contributed by atoms with van der Waals surface area (Å²) in [5.41, 5.74) is -0.320. The summed E-state index contributed by atoms with van der Waals surface area (Å²) >= 11 is 1.29. The molecule has 0 unspecified atom stereocenters. The molecule has 0 saturated heterocycles. The molecular weight excluding hydrogens is 225 g/mol. The predicted octanol–water partition coefficient (Wildman–Crippen LogP) is 2.93. The lowest BCUT2D eigenvalue weighted by Crippen LogP contribution is -2.08. The number of hydrogen-bond donors (Lipinski definition) is 1. The van der Waals surface area contributed by atoms with Crippen molar-refractivity contribution in [2.75, 3.05) is 12.4 Å². The summed E-state index contributed by atoms with van der Waals surface area (Å²) < 4.78 is 37.5. The van der Waals surface area contributed by atoms with E-state index >= 15 is 0 Å². The van der Waals surface area contributed by atoms with Crippen molar-refractivity contribution < 1.29 is 18.3 Å². The smallest absolute Gasteiger partial charge is 0.396 e.